The number of nitrogens with one attached hydrogen (secondary N) is 4. The van der Waals surface area contributed by atoms with Gasteiger partial charge in [-0.3, -0.25) is 0 Å². The van der Waals surface area contributed by atoms with Gasteiger partial charge in [0.25, 0.3) is 0 Å². The second-order valence-corrected chi connectivity index (χ2v) is 8.87. The van der Waals surface area contributed by atoms with E-state index < -0.39 is 0 Å². The summed E-state index contributed by atoms with van der Waals surface area (Å²) in [6.45, 7) is 0. The van der Waals surface area contributed by atoms with Gasteiger partial charge in [-0.05, 0) is 23.8 Å². The van der Waals surface area contributed by atoms with Crippen molar-refractivity contribution >= 4 is 22.7 Å². The normalized spacial score (nSPS) is 10.6. The Hall–Kier alpha value is -4.84. The van der Waals surface area contributed by atoms with E-state index in [1.807, 2.05) is 76.7 Å². The molecule has 1 heterocycles. The zero-order valence-corrected chi connectivity index (χ0v) is 22.1. The zero-order chi connectivity index (χ0) is 26.5. The highest BCUT2D eigenvalue weighted by Crippen LogP contribution is 2.45. The molecule has 38 heavy (non-hydrogen) atoms. The molecule has 4 N–H and O–H groups in total. The van der Waals surface area contributed by atoms with Crippen molar-refractivity contribution < 1.29 is 0 Å². The maximum atomic E-state index is 5.02. The number of benzene rings is 4. The van der Waals surface area contributed by atoms with Gasteiger partial charge >= 0.3 is 0 Å². The summed E-state index contributed by atoms with van der Waals surface area (Å²) in [5.74, 6) is 0.703. The van der Waals surface area contributed by atoms with Gasteiger partial charge in [0.15, 0.2) is 5.82 Å². The quantitative estimate of drug-likeness (QED) is 0.179. The molecule has 1 aromatic heterocycles. The van der Waals surface area contributed by atoms with Gasteiger partial charge in [-0.25, -0.2) is 9.97 Å². The topological polar surface area (TPSA) is 73.9 Å². The van der Waals surface area contributed by atoms with Crippen molar-refractivity contribution in [3.8, 4) is 45.0 Å². The van der Waals surface area contributed by atoms with Crippen molar-refractivity contribution in [3.63, 3.8) is 0 Å². The summed E-state index contributed by atoms with van der Waals surface area (Å²) in [5, 5.41) is 13.5. The van der Waals surface area contributed by atoms with Crippen LogP contribution in [0.2, 0.25) is 0 Å². The minimum Gasteiger partial charge on any atom is -0.386 e. The Balaban J connectivity index is 1.72. The largest absolute Gasteiger partial charge is 0.386 e. The maximum absolute atomic E-state index is 5.02. The molecule has 0 amide bonds. The van der Waals surface area contributed by atoms with Crippen molar-refractivity contribution in [2.24, 2.45) is 0 Å². The molecule has 0 bridgehead atoms. The summed E-state index contributed by atoms with van der Waals surface area (Å²) in [6, 6.07) is 33.1. The maximum Gasteiger partial charge on any atom is 0.160 e. The summed E-state index contributed by atoms with van der Waals surface area (Å²) < 4.78 is 0. The molecule has 6 heteroatoms. The van der Waals surface area contributed by atoms with E-state index in [1.165, 1.54) is 0 Å². The van der Waals surface area contributed by atoms with Crippen LogP contribution in [-0.2, 0) is 0 Å². The standard InChI is InChI=1S/C32H32N6/c1-33-27-20-28(34-2)31(36-4)29(30(27)35-3)24-17-11-16-23(18-24)26-19-25(21-12-7-5-8-13-21)37-32(38-26)22-14-9-6-10-15-22/h5-20,33-36H,1-4H3. The smallest absolute Gasteiger partial charge is 0.160 e. The van der Waals surface area contributed by atoms with E-state index in [-0.39, 0.29) is 0 Å². The first-order valence-electron chi connectivity index (χ1n) is 12.7. The van der Waals surface area contributed by atoms with Gasteiger partial charge in [-0.2, -0.15) is 0 Å². The van der Waals surface area contributed by atoms with Crippen molar-refractivity contribution in [2.45, 2.75) is 0 Å². The second kappa shape index (κ2) is 11.0. The lowest BCUT2D eigenvalue weighted by molar-refractivity contribution is 1.18. The van der Waals surface area contributed by atoms with Gasteiger partial charge in [0.2, 0.25) is 0 Å². The van der Waals surface area contributed by atoms with E-state index in [1.54, 1.807) is 0 Å². The highest BCUT2D eigenvalue weighted by atomic mass is 15.0. The molecule has 0 unspecified atom stereocenters. The zero-order valence-electron chi connectivity index (χ0n) is 22.1. The summed E-state index contributed by atoms with van der Waals surface area (Å²) in [7, 11) is 7.77. The first-order chi connectivity index (χ1) is 18.7. The van der Waals surface area contributed by atoms with E-state index in [4.69, 9.17) is 9.97 Å². The van der Waals surface area contributed by atoms with E-state index in [0.29, 0.717) is 5.82 Å². The molecule has 190 valence electrons. The van der Waals surface area contributed by atoms with E-state index in [2.05, 4.69) is 69.8 Å². The summed E-state index contributed by atoms with van der Waals surface area (Å²) in [4.78, 5) is 9.95. The molecule has 5 rings (SSSR count). The monoisotopic (exact) mass is 500 g/mol. The lowest BCUT2D eigenvalue weighted by Gasteiger charge is -2.22. The van der Waals surface area contributed by atoms with Crippen LogP contribution in [0.3, 0.4) is 0 Å². The molecular weight excluding hydrogens is 468 g/mol. The Morgan fingerprint density at radius 2 is 0.947 bits per heavy atom. The minimum absolute atomic E-state index is 0.703. The first kappa shape index (κ1) is 24.8. The third-order valence-electron chi connectivity index (χ3n) is 6.64. The van der Waals surface area contributed by atoms with Crippen molar-refractivity contribution in [1.82, 2.24) is 9.97 Å². The molecule has 0 spiro atoms. The fourth-order valence-electron chi connectivity index (χ4n) is 4.79. The number of rotatable bonds is 8. The number of hydrogen-bond donors (Lipinski definition) is 4. The molecule has 0 fully saturated rings. The predicted molar refractivity (Wildman–Crippen MR) is 162 cm³/mol. The minimum atomic E-state index is 0.703. The molecule has 6 nitrogen and oxygen atoms in total. The fraction of sp³-hybridized carbons (Fsp3) is 0.125. The third-order valence-corrected chi connectivity index (χ3v) is 6.64. The number of aromatic nitrogens is 2. The van der Waals surface area contributed by atoms with Crippen LogP contribution in [0.1, 0.15) is 0 Å². The van der Waals surface area contributed by atoms with Gasteiger partial charge in [0, 0.05) is 50.4 Å². The van der Waals surface area contributed by atoms with Crippen LogP contribution in [0, 0.1) is 0 Å². The van der Waals surface area contributed by atoms with Crippen LogP contribution in [-0.4, -0.2) is 38.2 Å². The van der Waals surface area contributed by atoms with Crippen LogP contribution in [0.25, 0.3) is 45.0 Å². The number of nitrogens with zero attached hydrogens (tertiary/aromatic N) is 2. The molecule has 0 saturated carbocycles. The summed E-state index contributed by atoms with van der Waals surface area (Å²) in [5.41, 5.74) is 11.0. The van der Waals surface area contributed by atoms with Crippen LogP contribution >= 0.6 is 0 Å². The number of anilines is 4. The van der Waals surface area contributed by atoms with Crippen LogP contribution < -0.4 is 21.3 Å². The Bertz CT molecular complexity index is 1460. The molecule has 5 aromatic rings. The molecule has 0 aliphatic rings. The van der Waals surface area contributed by atoms with Crippen molar-refractivity contribution in [1.29, 1.82) is 0 Å². The fourth-order valence-corrected chi connectivity index (χ4v) is 4.79. The van der Waals surface area contributed by atoms with Gasteiger partial charge < -0.3 is 21.3 Å². The molecule has 0 aliphatic heterocycles. The Morgan fingerprint density at radius 3 is 1.50 bits per heavy atom. The summed E-state index contributed by atoms with van der Waals surface area (Å²) in [6.07, 6.45) is 0. The lowest BCUT2D eigenvalue weighted by atomic mass is 9.96. The third kappa shape index (κ3) is 4.76. The molecular formula is C32H32N6. The van der Waals surface area contributed by atoms with Crippen molar-refractivity contribution in [2.75, 3.05) is 49.5 Å². The lowest BCUT2D eigenvalue weighted by Crippen LogP contribution is -2.06. The van der Waals surface area contributed by atoms with Gasteiger partial charge in [0.05, 0.1) is 34.1 Å². The average molecular weight is 501 g/mol. The SMILES string of the molecule is CNc1cc(NC)c(NC)c(-c2cccc(-c3cc(-c4ccccc4)nc(-c4ccccc4)n3)c2)c1NC. The van der Waals surface area contributed by atoms with E-state index in [9.17, 15) is 0 Å². The Morgan fingerprint density at radius 1 is 0.447 bits per heavy atom. The first-order valence-corrected chi connectivity index (χ1v) is 12.7. The molecule has 0 aliphatic carbocycles. The second-order valence-electron chi connectivity index (χ2n) is 8.87. The average Bonchev–Trinajstić information content (AvgIpc) is 3.00. The van der Waals surface area contributed by atoms with Crippen molar-refractivity contribution in [3.05, 3.63) is 97.1 Å². The van der Waals surface area contributed by atoms with Gasteiger partial charge in [-0.15, -0.1) is 0 Å². The van der Waals surface area contributed by atoms with Gasteiger partial charge in [-0.1, -0.05) is 78.9 Å². The van der Waals surface area contributed by atoms with Crippen LogP contribution in [0.5, 0.6) is 0 Å². The molecule has 0 atom stereocenters. The molecule has 4 aromatic carbocycles. The molecule has 0 radical (unpaired) electrons. The molecule has 0 saturated heterocycles. The van der Waals surface area contributed by atoms with Gasteiger partial charge in [0.1, 0.15) is 0 Å². The van der Waals surface area contributed by atoms with Crippen LogP contribution in [0.15, 0.2) is 97.1 Å². The highest BCUT2D eigenvalue weighted by molar-refractivity contribution is 6.01. The Kier molecular flexibility index (Phi) is 7.22. The summed E-state index contributed by atoms with van der Waals surface area (Å²) >= 11 is 0. The number of hydrogen-bond acceptors (Lipinski definition) is 6. The highest BCUT2D eigenvalue weighted by Gasteiger charge is 2.19. The Labute approximate surface area is 224 Å². The van der Waals surface area contributed by atoms with Crippen LogP contribution in [0.4, 0.5) is 22.7 Å². The predicted octanol–water partition coefficient (Wildman–Crippen LogP) is 7.31. The van der Waals surface area contributed by atoms with E-state index >= 15 is 0 Å². The van der Waals surface area contributed by atoms with E-state index in [0.717, 1.165) is 62.0 Å².